The van der Waals surface area contributed by atoms with Gasteiger partial charge in [-0.3, -0.25) is 9.79 Å². The predicted molar refractivity (Wildman–Crippen MR) is 49.3 cm³/mol. The molecule has 0 saturated heterocycles. The summed E-state index contributed by atoms with van der Waals surface area (Å²) >= 11 is 0. The fourth-order valence-corrected chi connectivity index (χ4v) is 1.46. The van der Waals surface area contributed by atoms with E-state index in [1.54, 1.807) is 6.92 Å². The topological polar surface area (TPSA) is 75.6 Å². The SMILES string of the molecule is CC1N=C(C(C)S(C)(=O)=O)NC1=O. The molecule has 0 saturated carbocycles. The highest BCUT2D eigenvalue weighted by molar-refractivity contribution is 7.92. The fourth-order valence-electron chi connectivity index (χ4n) is 0.940. The van der Waals surface area contributed by atoms with Gasteiger partial charge < -0.3 is 5.32 Å². The van der Waals surface area contributed by atoms with E-state index in [0.29, 0.717) is 0 Å². The smallest absolute Gasteiger partial charge is 0.249 e. The van der Waals surface area contributed by atoms with Crippen LogP contribution in [0.15, 0.2) is 4.99 Å². The largest absolute Gasteiger partial charge is 0.312 e. The lowest BCUT2D eigenvalue weighted by Gasteiger charge is -2.07. The molecule has 0 radical (unpaired) electrons. The zero-order valence-electron chi connectivity index (χ0n) is 7.73. The molecule has 0 aromatic rings. The summed E-state index contributed by atoms with van der Waals surface area (Å²) in [6.45, 7) is 3.13. The van der Waals surface area contributed by atoms with Crippen molar-refractivity contribution >= 4 is 21.6 Å². The number of carbonyl (C=O) groups excluding carboxylic acids is 1. The van der Waals surface area contributed by atoms with Gasteiger partial charge in [-0.25, -0.2) is 8.42 Å². The molecule has 1 rings (SSSR count). The van der Waals surface area contributed by atoms with Crippen LogP contribution in [0.25, 0.3) is 0 Å². The van der Waals surface area contributed by atoms with Crippen molar-refractivity contribution in [3.63, 3.8) is 0 Å². The Kier molecular flexibility index (Phi) is 2.42. The van der Waals surface area contributed by atoms with Crippen molar-refractivity contribution in [2.24, 2.45) is 4.99 Å². The Balaban J connectivity index is 2.88. The summed E-state index contributed by atoms with van der Waals surface area (Å²) in [6.07, 6.45) is 1.12. The zero-order chi connectivity index (χ0) is 10.2. The van der Waals surface area contributed by atoms with Gasteiger partial charge in [0, 0.05) is 6.26 Å². The van der Waals surface area contributed by atoms with Crippen LogP contribution in [0.5, 0.6) is 0 Å². The highest BCUT2D eigenvalue weighted by atomic mass is 32.2. The van der Waals surface area contributed by atoms with Crippen molar-refractivity contribution in [3.8, 4) is 0 Å². The Morgan fingerprint density at radius 3 is 2.38 bits per heavy atom. The van der Waals surface area contributed by atoms with E-state index < -0.39 is 21.1 Å². The molecule has 1 N–H and O–H groups in total. The molecule has 5 nitrogen and oxygen atoms in total. The third-order valence-electron chi connectivity index (χ3n) is 1.99. The van der Waals surface area contributed by atoms with E-state index in [-0.39, 0.29) is 11.7 Å². The van der Waals surface area contributed by atoms with Crippen LogP contribution in [0.2, 0.25) is 0 Å². The highest BCUT2D eigenvalue weighted by Gasteiger charge is 2.30. The Bertz CT molecular complexity index is 358. The van der Waals surface area contributed by atoms with Crippen LogP contribution >= 0.6 is 0 Å². The van der Waals surface area contributed by atoms with E-state index in [4.69, 9.17) is 0 Å². The van der Waals surface area contributed by atoms with Crippen LogP contribution in [-0.2, 0) is 14.6 Å². The molecule has 0 spiro atoms. The summed E-state index contributed by atoms with van der Waals surface area (Å²) in [4.78, 5) is 14.9. The van der Waals surface area contributed by atoms with Crippen molar-refractivity contribution in [1.82, 2.24) is 5.32 Å². The molecule has 74 valence electrons. The number of carbonyl (C=O) groups is 1. The van der Waals surface area contributed by atoms with Gasteiger partial charge in [0.15, 0.2) is 9.84 Å². The summed E-state index contributed by atoms with van der Waals surface area (Å²) in [5.74, 6) is 0.00509. The molecular weight excluding hydrogens is 192 g/mol. The molecule has 2 unspecified atom stereocenters. The summed E-state index contributed by atoms with van der Waals surface area (Å²) < 4.78 is 22.2. The second kappa shape index (κ2) is 3.10. The zero-order valence-corrected chi connectivity index (χ0v) is 8.55. The minimum atomic E-state index is -3.18. The number of sulfone groups is 1. The lowest BCUT2D eigenvalue weighted by atomic mass is 10.4. The van der Waals surface area contributed by atoms with Gasteiger partial charge >= 0.3 is 0 Å². The summed E-state index contributed by atoms with van der Waals surface area (Å²) in [7, 11) is -3.18. The van der Waals surface area contributed by atoms with E-state index in [1.807, 2.05) is 0 Å². The molecule has 1 heterocycles. The average molecular weight is 204 g/mol. The molecule has 1 aliphatic heterocycles. The Morgan fingerprint density at radius 2 is 2.08 bits per heavy atom. The first-order chi connectivity index (χ1) is 5.82. The lowest BCUT2D eigenvalue weighted by Crippen LogP contribution is -2.37. The Hall–Kier alpha value is -0.910. The van der Waals surface area contributed by atoms with Gasteiger partial charge in [0.1, 0.15) is 17.1 Å². The van der Waals surface area contributed by atoms with E-state index in [0.717, 1.165) is 6.26 Å². The van der Waals surface area contributed by atoms with Gasteiger partial charge in [0.2, 0.25) is 5.91 Å². The van der Waals surface area contributed by atoms with Gasteiger partial charge in [0.25, 0.3) is 0 Å². The quantitative estimate of drug-likeness (QED) is 0.648. The normalized spacial score (nSPS) is 25.3. The maximum Gasteiger partial charge on any atom is 0.249 e. The monoisotopic (exact) mass is 204 g/mol. The van der Waals surface area contributed by atoms with Crippen molar-refractivity contribution in [2.45, 2.75) is 25.1 Å². The van der Waals surface area contributed by atoms with Crippen LogP contribution in [0, 0.1) is 0 Å². The number of amides is 1. The number of nitrogens with one attached hydrogen (secondary N) is 1. The third-order valence-corrected chi connectivity index (χ3v) is 3.50. The molecule has 0 bridgehead atoms. The molecule has 1 aliphatic rings. The molecule has 6 heteroatoms. The number of hydrogen-bond donors (Lipinski definition) is 1. The van der Waals surface area contributed by atoms with Crippen molar-refractivity contribution < 1.29 is 13.2 Å². The first-order valence-electron chi connectivity index (χ1n) is 3.90. The van der Waals surface area contributed by atoms with Gasteiger partial charge in [0.05, 0.1) is 0 Å². The number of amidine groups is 1. The second-order valence-corrected chi connectivity index (χ2v) is 5.52. The van der Waals surface area contributed by atoms with Crippen LogP contribution in [0.4, 0.5) is 0 Å². The number of nitrogens with zero attached hydrogens (tertiary/aromatic N) is 1. The second-order valence-electron chi connectivity index (χ2n) is 3.15. The molecule has 0 aliphatic carbocycles. The van der Waals surface area contributed by atoms with Gasteiger partial charge in [-0.1, -0.05) is 0 Å². The fraction of sp³-hybridized carbons (Fsp3) is 0.714. The highest BCUT2D eigenvalue weighted by Crippen LogP contribution is 2.07. The number of hydrogen-bond acceptors (Lipinski definition) is 4. The summed E-state index contributed by atoms with van der Waals surface area (Å²) in [5, 5.41) is 1.71. The Labute approximate surface area is 77.2 Å². The predicted octanol–water partition coefficient (Wildman–Crippen LogP) is -0.664. The maximum absolute atomic E-state index is 11.1. The van der Waals surface area contributed by atoms with Crippen LogP contribution in [0.3, 0.4) is 0 Å². The van der Waals surface area contributed by atoms with E-state index in [2.05, 4.69) is 10.3 Å². The average Bonchev–Trinajstić information content (AvgIpc) is 2.29. The standard InChI is InChI=1S/C7H12N2O3S/c1-4-7(10)9-6(8-4)5(2)13(3,11)12/h4-5H,1-3H3,(H,8,9,10). The number of rotatable bonds is 2. The van der Waals surface area contributed by atoms with Crippen LogP contribution < -0.4 is 5.32 Å². The third kappa shape index (κ3) is 2.06. The van der Waals surface area contributed by atoms with Gasteiger partial charge in [-0.05, 0) is 13.8 Å². The first kappa shape index (κ1) is 10.2. The van der Waals surface area contributed by atoms with Crippen LogP contribution in [-0.4, -0.2) is 37.7 Å². The molecule has 13 heavy (non-hydrogen) atoms. The van der Waals surface area contributed by atoms with Gasteiger partial charge in [-0.15, -0.1) is 0 Å². The van der Waals surface area contributed by atoms with E-state index in [1.165, 1.54) is 6.92 Å². The summed E-state index contributed by atoms with van der Waals surface area (Å²) in [5.41, 5.74) is 0. The molecule has 1 amide bonds. The molecule has 0 aromatic heterocycles. The first-order valence-corrected chi connectivity index (χ1v) is 5.85. The molecule has 0 aromatic carbocycles. The van der Waals surface area contributed by atoms with E-state index >= 15 is 0 Å². The molecule has 0 fully saturated rings. The van der Waals surface area contributed by atoms with Crippen molar-refractivity contribution in [2.75, 3.05) is 6.26 Å². The summed E-state index contributed by atoms with van der Waals surface area (Å²) in [6, 6.07) is -0.473. The lowest BCUT2D eigenvalue weighted by molar-refractivity contribution is -0.119. The van der Waals surface area contributed by atoms with Gasteiger partial charge in [-0.2, -0.15) is 0 Å². The minimum Gasteiger partial charge on any atom is -0.312 e. The van der Waals surface area contributed by atoms with Crippen molar-refractivity contribution in [3.05, 3.63) is 0 Å². The van der Waals surface area contributed by atoms with E-state index in [9.17, 15) is 13.2 Å². The Morgan fingerprint density at radius 1 is 1.54 bits per heavy atom. The van der Waals surface area contributed by atoms with Crippen molar-refractivity contribution in [1.29, 1.82) is 0 Å². The van der Waals surface area contributed by atoms with Crippen LogP contribution in [0.1, 0.15) is 13.8 Å². The molecular formula is C7H12N2O3S. The minimum absolute atomic E-state index is 0.245. The number of aliphatic imine (C=N–C) groups is 1. The molecule has 2 atom stereocenters. The maximum atomic E-state index is 11.1.